The molecule has 2 aromatic rings. The number of benzene rings is 2. The molecule has 0 aliphatic heterocycles. The Bertz CT molecular complexity index is 1690. The molecule has 2 aromatic carbocycles. The van der Waals surface area contributed by atoms with Gasteiger partial charge in [0, 0.05) is 28.4 Å². The summed E-state index contributed by atoms with van der Waals surface area (Å²) in [4.78, 5) is 99.6. The molecule has 0 aromatic heterocycles. The first-order chi connectivity index (χ1) is 25.5. The second kappa shape index (κ2) is 22.1. The monoisotopic (exact) mass is 790 g/mol. The largest absolute Gasteiger partial charge is 0.391 e. The highest BCUT2D eigenvalue weighted by atomic mass is 32.2. The van der Waals surface area contributed by atoms with Gasteiger partial charge in [0.1, 0.15) is 24.2 Å². The lowest BCUT2D eigenvalue weighted by Crippen LogP contribution is -2.55. The minimum Gasteiger partial charge on any atom is -0.391 e. The Morgan fingerprint density at radius 1 is 0.667 bits per heavy atom. The van der Waals surface area contributed by atoms with Crippen molar-refractivity contribution in [2.45, 2.75) is 68.7 Å². The van der Waals surface area contributed by atoms with E-state index in [1.54, 1.807) is 42.5 Å². The Morgan fingerprint density at radius 2 is 1.11 bits per heavy atom. The fourth-order valence-electron chi connectivity index (χ4n) is 4.64. The van der Waals surface area contributed by atoms with Crippen LogP contribution in [0.25, 0.3) is 0 Å². The van der Waals surface area contributed by atoms with E-state index >= 15 is 0 Å². The van der Waals surface area contributed by atoms with Crippen LogP contribution in [0.15, 0.2) is 48.5 Å². The van der Waals surface area contributed by atoms with Gasteiger partial charge in [0.2, 0.25) is 35.4 Å². The highest BCUT2D eigenvalue weighted by molar-refractivity contribution is 7.98. The molecule has 0 aliphatic rings. The first kappa shape index (κ1) is 45.0. The molecule has 0 aliphatic carbocycles. The van der Waals surface area contributed by atoms with Crippen LogP contribution in [0.3, 0.4) is 0 Å². The lowest BCUT2D eigenvalue weighted by molar-refractivity contribution is -0.130. The molecule has 54 heavy (non-hydrogen) atoms. The third-order valence-corrected chi connectivity index (χ3v) is 9.09. The Morgan fingerprint density at radius 3 is 1.56 bits per heavy atom. The second-order valence-electron chi connectivity index (χ2n) is 12.0. The highest BCUT2D eigenvalue weighted by Crippen LogP contribution is 2.18. The molecule has 0 radical (unpaired) electrons. The van der Waals surface area contributed by atoms with Gasteiger partial charge in [-0.25, -0.2) is 0 Å². The molecule has 0 heterocycles. The third-order valence-electron chi connectivity index (χ3n) is 7.67. The van der Waals surface area contributed by atoms with Gasteiger partial charge in [-0.15, -0.1) is 0 Å². The zero-order valence-electron chi connectivity index (χ0n) is 29.8. The van der Waals surface area contributed by atoms with Crippen molar-refractivity contribution in [1.82, 2.24) is 31.9 Å². The van der Waals surface area contributed by atoms with Crippen LogP contribution in [0.2, 0.25) is 0 Å². The summed E-state index contributed by atoms with van der Waals surface area (Å²) in [5.74, 6) is -5.90. The molecule has 0 fully saturated rings. The van der Waals surface area contributed by atoms with Crippen molar-refractivity contribution in [1.29, 1.82) is 0 Å². The third kappa shape index (κ3) is 14.3. The Kier molecular flexibility index (Phi) is 18.4. The predicted octanol–water partition coefficient (Wildman–Crippen LogP) is -2.80. The van der Waals surface area contributed by atoms with Crippen LogP contribution in [-0.4, -0.2) is 113 Å². The predicted molar refractivity (Wildman–Crippen MR) is 202 cm³/mol. The van der Waals surface area contributed by atoms with E-state index in [-0.39, 0.29) is 28.4 Å². The van der Waals surface area contributed by atoms with E-state index in [1.807, 2.05) is 0 Å². The number of thioether (sulfide) groups is 1. The van der Waals surface area contributed by atoms with E-state index in [0.717, 1.165) is 11.8 Å². The lowest BCUT2D eigenvalue weighted by Gasteiger charge is -2.22. The number of nitrogens with two attached hydrogens (primary N) is 2. The van der Waals surface area contributed by atoms with E-state index < -0.39 is 96.7 Å². The quantitative estimate of drug-likeness (QED) is 0.0574. The van der Waals surface area contributed by atoms with Gasteiger partial charge in [0.05, 0.1) is 25.3 Å². The molecule has 6 atom stereocenters. The minimum atomic E-state index is -1.46. The van der Waals surface area contributed by atoms with Crippen molar-refractivity contribution in [2.75, 3.05) is 18.8 Å². The first-order valence-corrected chi connectivity index (χ1v) is 18.3. The van der Waals surface area contributed by atoms with Gasteiger partial charge < -0.3 is 53.6 Å². The van der Waals surface area contributed by atoms with Gasteiger partial charge in [-0.05, 0) is 44.0 Å². The molecule has 0 bridgehead atoms. The van der Waals surface area contributed by atoms with Crippen molar-refractivity contribution in [3.8, 4) is 0 Å². The molecule has 12 N–H and O–H groups in total. The normalized spacial score (nSPS) is 14.1. The van der Waals surface area contributed by atoms with Gasteiger partial charge in [0.25, 0.3) is 11.8 Å². The number of nitrogens with one attached hydrogen (secondary N) is 6. The lowest BCUT2D eigenvalue weighted by atomic mass is 10.1. The summed E-state index contributed by atoms with van der Waals surface area (Å²) in [7, 11) is 0. The molecule has 0 saturated carbocycles. The Balaban J connectivity index is 1.97. The number of aliphatic hydroxyl groups is 2. The van der Waals surface area contributed by atoms with Crippen LogP contribution in [0, 0.1) is 0 Å². The maximum atomic E-state index is 13.2. The van der Waals surface area contributed by atoms with Crippen molar-refractivity contribution in [3.63, 3.8) is 0 Å². The van der Waals surface area contributed by atoms with E-state index in [2.05, 4.69) is 44.5 Å². The van der Waals surface area contributed by atoms with Gasteiger partial charge in [-0.2, -0.15) is 24.4 Å². The fourth-order valence-corrected chi connectivity index (χ4v) is 5.99. The number of hydrogen-bond acceptors (Lipinski definition) is 12. The summed E-state index contributed by atoms with van der Waals surface area (Å²) in [6.45, 7) is 2.74. The molecular weight excluding hydrogens is 745 g/mol. The number of rotatable bonds is 21. The average molecular weight is 791 g/mol. The van der Waals surface area contributed by atoms with Gasteiger partial charge in [-0.3, -0.25) is 38.4 Å². The number of aliphatic hydroxyl groups excluding tert-OH is 2. The van der Waals surface area contributed by atoms with Crippen LogP contribution < -0.4 is 43.4 Å². The number of carbonyl (C=O) groups is 8. The first-order valence-electron chi connectivity index (χ1n) is 16.5. The number of primary amides is 2. The van der Waals surface area contributed by atoms with E-state index in [0.29, 0.717) is 11.1 Å². The maximum Gasteiger partial charge on any atom is 0.252 e. The van der Waals surface area contributed by atoms with Crippen molar-refractivity contribution in [2.24, 2.45) is 11.5 Å². The van der Waals surface area contributed by atoms with Crippen molar-refractivity contribution in [3.05, 3.63) is 70.8 Å². The standard InChI is InChI=1S/C34H46N8O10S2/c1-17(29(35)47)39-25(45)12-37-33(51)28(19(3)44)42-32(50)23-11-7-5-9-21(23)15-54-16-24(30(36)48)40-26(46)13-38-34(52)27(18(2)43)41-31(49)22-10-6-4-8-20(22)14-53/h4-11,17-19,24,27-28,43-44,53H,12-16H2,1-3H3,(H2,35,47)(H2,36,48)(H,37,51)(H,38,52)(H,39,45)(H,40,46)(H,41,49)(H,42,50)/t17-,18+,19+,24-,27-,28-/m0/s1. The number of thiol groups is 1. The topological polar surface area (TPSA) is 301 Å². The van der Waals surface area contributed by atoms with Crippen LogP contribution in [0.1, 0.15) is 52.6 Å². The molecule has 2 rings (SSSR count). The molecule has 0 unspecified atom stereocenters. The number of amides is 8. The van der Waals surface area contributed by atoms with E-state index in [4.69, 9.17) is 11.5 Å². The Hall–Kier alpha value is -5.18. The highest BCUT2D eigenvalue weighted by Gasteiger charge is 2.29. The molecule has 20 heteroatoms. The van der Waals surface area contributed by atoms with Crippen LogP contribution in [0.4, 0.5) is 0 Å². The molecule has 0 spiro atoms. The van der Waals surface area contributed by atoms with E-state index in [1.165, 1.54) is 26.8 Å². The molecule has 294 valence electrons. The minimum absolute atomic E-state index is 0.0446. The van der Waals surface area contributed by atoms with Crippen LogP contribution in [-0.2, 0) is 40.3 Å². The second-order valence-corrected chi connectivity index (χ2v) is 13.4. The molecule has 8 amide bonds. The van der Waals surface area contributed by atoms with Gasteiger partial charge in [-0.1, -0.05) is 36.4 Å². The maximum absolute atomic E-state index is 13.2. The van der Waals surface area contributed by atoms with Crippen LogP contribution in [0.5, 0.6) is 0 Å². The van der Waals surface area contributed by atoms with Crippen molar-refractivity contribution < 1.29 is 48.6 Å². The number of hydrogen-bond donors (Lipinski definition) is 11. The summed E-state index contributed by atoms with van der Waals surface area (Å²) < 4.78 is 0. The van der Waals surface area contributed by atoms with Crippen molar-refractivity contribution >= 4 is 71.6 Å². The zero-order chi connectivity index (χ0) is 40.5. The smallest absolute Gasteiger partial charge is 0.252 e. The number of carbonyl (C=O) groups excluding carboxylic acids is 8. The summed E-state index contributed by atoms with van der Waals surface area (Å²) in [5.41, 5.74) is 12.1. The molecule has 18 nitrogen and oxygen atoms in total. The summed E-state index contributed by atoms with van der Waals surface area (Å²) in [6.07, 6.45) is -2.70. The Labute approximate surface area is 321 Å². The van der Waals surface area contributed by atoms with Gasteiger partial charge >= 0.3 is 0 Å². The molecular formula is C34H46N8O10S2. The summed E-state index contributed by atoms with van der Waals surface area (Å²) in [6, 6.07) is 7.84. The molecule has 0 saturated heterocycles. The van der Waals surface area contributed by atoms with Gasteiger partial charge in [0.15, 0.2) is 0 Å². The average Bonchev–Trinajstić information content (AvgIpc) is 3.13. The fraction of sp³-hybridized carbons (Fsp3) is 0.412. The zero-order valence-corrected chi connectivity index (χ0v) is 31.5. The summed E-state index contributed by atoms with van der Waals surface area (Å²) in [5, 5.41) is 34.6. The van der Waals surface area contributed by atoms with E-state index in [9.17, 15) is 48.6 Å². The summed E-state index contributed by atoms with van der Waals surface area (Å²) >= 11 is 5.33. The van der Waals surface area contributed by atoms with Crippen LogP contribution >= 0.6 is 24.4 Å². The SMILES string of the molecule is C[C@H](NC(=O)CNC(=O)[C@@H](NC(=O)c1ccccc1CSC[C@H](NC(=O)CNC(=O)[C@@H](NC(=O)c1ccccc1CS)[C@@H](C)O)C(N)=O)[C@@H](C)O)C(N)=O.